The number of hydrogen-bond donors (Lipinski definition) is 0. The van der Waals surface area contributed by atoms with E-state index in [0.717, 1.165) is 22.7 Å². The predicted octanol–water partition coefficient (Wildman–Crippen LogP) is 7.23. The van der Waals surface area contributed by atoms with E-state index in [1.165, 1.54) is 64.2 Å². The van der Waals surface area contributed by atoms with Crippen LogP contribution >= 0.6 is 0 Å². The monoisotopic (exact) mass is 280 g/mol. The second-order valence-electron chi connectivity index (χ2n) is 8.22. The zero-order chi connectivity index (χ0) is 15.2. The first-order valence-corrected chi connectivity index (χ1v) is 9.42. The van der Waals surface area contributed by atoms with Crippen molar-refractivity contribution in [2.75, 3.05) is 0 Å². The fourth-order valence-electron chi connectivity index (χ4n) is 3.10. The highest BCUT2D eigenvalue weighted by Gasteiger charge is 2.38. The van der Waals surface area contributed by atoms with Gasteiger partial charge in [0, 0.05) is 0 Å². The third kappa shape index (κ3) is 6.19. The van der Waals surface area contributed by atoms with E-state index in [0.29, 0.717) is 0 Å². The van der Waals surface area contributed by atoms with Crippen LogP contribution in [0.5, 0.6) is 0 Å². The topological polar surface area (TPSA) is 0 Å². The average Bonchev–Trinajstić information content (AvgIpc) is 3.34. The molecule has 3 aliphatic carbocycles. The molecule has 0 atom stereocenters. The van der Waals surface area contributed by atoms with Gasteiger partial charge in [0.05, 0.1) is 0 Å². The van der Waals surface area contributed by atoms with Crippen LogP contribution in [0.2, 0.25) is 0 Å². The lowest BCUT2D eigenvalue weighted by molar-refractivity contribution is 0.206. The summed E-state index contributed by atoms with van der Waals surface area (Å²) in [6.45, 7) is 13.9. The van der Waals surface area contributed by atoms with E-state index in [9.17, 15) is 0 Å². The van der Waals surface area contributed by atoms with Gasteiger partial charge in [-0.3, -0.25) is 0 Å². The van der Waals surface area contributed by atoms with Crippen molar-refractivity contribution in [2.45, 2.75) is 106 Å². The lowest BCUT2D eigenvalue weighted by Gasteiger charge is -2.31. The van der Waals surface area contributed by atoms with Crippen molar-refractivity contribution in [3.63, 3.8) is 0 Å². The molecule has 20 heavy (non-hydrogen) atoms. The van der Waals surface area contributed by atoms with Gasteiger partial charge in [0.1, 0.15) is 0 Å². The van der Waals surface area contributed by atoms with E-state index in [-0.39, 0.29) is 0 Å². The second-order valence-corrected chi connectivity index (χ2v) is 8.22. The van der Waals surface area contributed by atoms with Gasteiger partial charge >= 0.3 is 0 Å². The van der Waals surface area contributed by atoms with Gasteiger partial charge in [-0.15, -0.1) is 0 Å². The lowest BCUT2D eigenvalue weighted by atomic mass is 9.75. The maximum atomic E-state index is 2.35. The number of hydrogen-bond acceptors (Lipinski definition) is 0. The third-order valence-corrected chi connectivity index (χ3v) is 6.46. The van der Waals surface area contributed by atoms with Crippen LogP contribution in [0.4, 0.5) is 0 Å². The van der Waals surface area contributed by atoms with E-state index in [2.05, 4.69) is 41.5 Å². The Morgan fingerprint density at radius 2 is 1.30 bits per heavy atom. The summed E-state index contributed by atoms with van der Waals surface area (Å²) in [6.07, 6.45) is 14.5. The molecule has 0 nitrogen and oxygen atoms in total. The summed E-state index contributed by atoms with van der Waals surface area (Å²) < 4.78 is 0. The Kier molecular flexibility index (Phi) is 7.09. The zero-order valence-corrected chi connectivity index (χ0v) is 15.2. The zero-order valence-electron chi connectivity index (χ0n) is 15.2. The fourth-order valence-corrected chi connectivity index (χ4v) is 3.10. The Bertz CT molecular complexity index is 245. The minimum absolute atomic E-state index is 0.792. The van der Waals surface area contributed by atoms with Gasteiger partial charge in [-0.25, -0.2) is 0 Å². The molecule has 0 heteroatoms. The van der Waals surface area contributed by atoms with Crippen molar-refractivity contribution < 1.29 is 0 Å². The molecule has 3 rings (SSSR count). The molecule has 0 spiro atoms. The van der Waals surface area contributed by atoms with Crippen LogP contribution in [0.25, 0.3) is 0 Å². The van der Waals surface area contributed by atoms with Crippen LogP contribution in [-0.4, -0.2) is 0 Å². The van der Waals surface area contributed by atoms with E-state index in [1.54, 1.807) is 0 Å². The van der Waals surface area contributed by atoms with Gasteiger partial charge in [0.15, 0.2) is 0 Å². The first kappa shape index (κ1) is 18.1. The highest BCUT2D eigenvalue weighted by molar-refractivity contribution is 4.89. The van der Waals surface area contributed by atoms with Crippen molar-refractivity contribution in [3.8, 4) is 0 Å². The first-order chi connectivity index (χ1) is 9.42. The number of rotatable bonds is 4. The van der Waals surface area contributed by atoms with Crippen molar-refractivity contribution in [1.29, 1.82) is 0 Å². The van der Waals surface area contributed by atoms with Gasteiger partial charge in [0.2, 0.25) is 0 Å². The quantitative estimate of drug-likeness (QED) is 0.509. The molecule has 120 valence electrons. The summed E-state index contributed by atoms with van der Waals surface area (Å²) in [5, 5.41) is 0. The molecule has 0 aromatic rings. The summed E-state index contributed by atoms with van der Waals surface area (Å²) in [5.41, 5.74) is 1.62. The van der Waals surface area contributed by atoms with Gasteiger partial charge in [0.25, 0.3) is 0 Å². The van der Waals surface area contributed by atoms with Gasteiger partial charge in [-0.1, -0.05) is 67.2 Å². The minimum atomic E-state index is 0.792. The Labute approximate surface area is 129 Å². The van der Waals surface area contributed by atoms with Gasteiger partial charge in [-0.2, -0.15) is 0 Å². The molecule has 0 aromatic carbocycles. The maximum absolute atomic E-state index is 2.35. The molecule has 0 saturated heterocycles. The molecule has 0 unspecified atom stereocenters. The van der Waals surface area contributed by atoms with Crippen LogP contribution in [0.1, 0.15) is 106 Å². The largest absolute Gasteiger partial charge is 0.0651 e. The molecule has 0 N–H and O–H groups in total. The molecule has 0 heterocycles. The van der Waals surface area contributed by atoms with Crippen LogP contribution in [0.3, 0.4) is 0 Å². The SMILES string of the molecule is CCC1(C)CC1.CCC1(CC)CC1.CCC1CC(C)C1. The highest BCUT2D eigenvalue weighted by Crippen LogP contribution is 2.51. The molecule has 3 fully saturated rings. The highest BCUT2D eigenvalue weighted by atomic mass is 14.4. The van der Waals surface area contributed by atoms with Crippen LogP contribution in [0, 0.1) is 22.7 Å². The van der Waals surface area contributed by atoms with Crippen LogP contribution in [-0.2, 0) is 0 Å². The predicted molar refractivity (Wildman–Crippen MR) is 92.1 cm³/mol. The first-order valence-electron chi connectivity index (χ1n) is 9.42. The molecule has 0 bridgehead atoms. The Morgan fingerprint density at radius 3 is 1.35 bits per heavy atom. The van der Waals surface area contributed by atoms with Gasteiger partial charge in [-0.05, 0) is 61.2 Å². The second kappa shape index (κ2) is 7.85. The van der Waals surface area contributed by atoms with E-state index < -0.39 is 0 Å². The Balaban J connectivity index is 0.000000151. The van der Waals surface area contributed by atoms with Gasteiger partial charge < -0.3 is 0 Å². The maximum Gasteiger partial charge on any atom is -0.0302 e. The molecule has 0 amide bonds. The summed E-state index contributed by atoms with van der Waals surface area (Å²) in [6, 6.07) is 0. The summed E-state index contributed by atoms with van der Waals surface area (Å²) in [5.74, 6) is 2.14. The molecule has 3 saturated carbocycles. The summed E-state index contributed by atoms with van der Waals surface area (Å²) in [7, 11) is 0. The van der Waals surface area contributed by atoms with Crippen molar-refractivity contribution in [1.82, 2.24) is 0 Å². The summed E-state index contributed by atoms with van der Waals surface area (Å²) in [4.78, 5) is 0. The van der Waals surface area contributed by atoms with Crippen molar-refractivity contribution in [3.05, 3.63) is 0 Å². The van der Waals surface area contributed by atoms with E-state index in [1.807, 2.05) is 0 Å². The molecule has 0 aromatic heterocycles. The minimum Gasteiger partial charge on any atom is -0.0651 e. The Morgan fingerprint density at radius 1 is 0.800 bits per heavy atom. The van der Waals surface area contributed by atoms with E-state index >= 15 is 0 Å². The molecular formula is C20H40. The normalized spacial score (nSPS) is 30.9. The lowest BCUT2D eigenvalue weighted by Crippen LogP contribution is -2.19. The van der Waals surface area contributed by atoms with Crippen LogP contribution < -0.4 is 0 Å². The third-order valence-electron chi connectivity index (χ3n) is 6.46. The van der Waals surface area contributed by atoms with Crippen LogP contribution in [0.15, 0.2) is 0 Å². The smallest absolute Gasteiger partial charge is 0.0302 e. The van der Waals surface area contributed by atoms with Crippen molar-refractivity contribution >= 4 is 0 Å². The summed E-state index contributed by atoms with van der Waals surface area (Å²) >= 11 is 0. The fraction of sp³-hybridized carbons (Fsp3) is 1.00. The molecular weight excluding hydrogens is 240 g/mol. The van der Waals surface area contributed by atoms with Crippen molar-refractivity contribution in [2.24, 2.45) is 22.7 Å². The molecule has 0 radical (unpaired) electrons. The average molecular weight is 281 g/mol. The standard InChI is InChI=1S/2C7H14.C6H12/c1-3-7-4-6(2)5-7;1-3-7(4-2)5-6-7;1-3-6(2)4-5-6/h6-7H,3-5H2,1-2H3;3-6H2,1-2H3;3-5H2,1-2H3. The molecule has 3 aliphatic rings. The van der Waals surface area contributed by atoms with E-state index in [4.69, 9.17) is 0 Å². The molecule has 0 aliphatic heterocycles. The Hall–Kier alpha value is 0.